The van der Waals surface area contributed by atoms with Crippen molar-refractivity contribution >= 4 is 5.82 Å². The predicted octanol–water partition coefficient (Wildman–Crippen LogP) is 3.06. The second-order valence-electron chi connectivity index (χ2n) is 9.06. The summed E-state index contributed by atoms with van der Waals surface area (Å²) in [6.45, 7) is 7.74. The Hall–Kier alpha value is -1.95. The summed E-state index contributed by atoms with van der Waals surface area (Å²) in [7, 11) is 1.99. The second-order valence-corrected chi connectivity index (χ2v) is 9.06. The molecule has 1 saturated heterocycles. The third-order valence-corrected chi connectivity index (χ3v) is 6.57. The number of likely N-dealkylation sites (tertiary alicyclic amines) is 1. The fraction of sp³-hybridized carbons (Fsp3) is 0.682. The van der Waals surface area contributed by atoms with Crippen LogP contribution in [-0.4, -0.2) is 50.8 Å². The Morgan fingerprint density at radius 3 is 2.79 bits per heavy atom. The van der Waals surface area contributed by atoms with Crippen LogP contribution in [0.4, 0.5) is 5.82 Å². The monoisotopic (exact) mass is 380 g/mol. The van der Waals surface area contributed by atoms with Gasteiger partial charge in [-0.05, 0) is 57.9 Å². The van der Waals surface area contributed by atoms with Crippen molar-refractivity contribution in [2.75, 3.05) is 31.1 Å². The van der Waals surface area contributed by atoms with Crippen molar-refractivity contribution in [3.8, 4) is 0 Å². The van der Waals surface area contributed by atoms with Crippen molar-refractivity contribution in [1.82, 2.24) is 24.6 Å². The minimum absolute atomic E-state index is 0.444. The molecule has 2 aromatic heterocycles. The van der Waals surface area contributed by atoms with Gasteiger partial charge in [-0.2, -0.15) is 5.10 Å². The lowest BCUT2D eigenvalue weighted by molar-refractivity contribution is 0.196. The zero-order valence-electron chi connectivity index (χ0n) is 17.3. The number of nitrogens with zero attached hydrogens (tertiary/aromatic N) is 6. The van der Waals surface area contributed by atoms with Gasteiger partial charge in [-0.3, -0.25) is 9.58 Å². The molecule has 28 heavy (non-hydrogen) atoms. The quantitative estimate of drug-likeness (QED) is 0.798. The number of piperidine rings is 1. The summed E-state index contributed by atoms with van der Waals surface area (Å²) in [5.74, 6) is 3.67. The average Bonchev–Trinajstić information content (AvgIpc) is 3.42. The topological polar surface area (TPSA) is 50.1 Å². The van der Waals surface area contributed by atoms with Crippen LogP contribution in [0, 0.1) is 12.8 Å². The van der Waals surface area contributed by atoms with E-state index in [9.17, 15) is 0 Å². The van der Waals surface area contributed by atoms with E-state index in [1.54, 1.807) is 0 Å². The average molecular weight is 381 g/mol. The first-order chi connectivity index (χ1) is 13.7. The van der Waals surface area contributed by atoms with Crippen LogP contribution in [0.1, 0.15) is 60.7 Å². The van der Waals surface area contributed by atoms with Crippen molar-refractivity contribution < 1.29 is 0 Å². The SMILES string of the molecule is Cc1nc([C@@H]2CCCN(Cc3cnn(C)c3)C2)nc2c1CCCN2CC1CC1. The van der Waals surface area contributed by atoms with E-state index in [4.69, 9.17) is 9.97 Å². The molecule has 2 aromatic rings. The van der Waals surface area contributed by atoms with Gasteiger partial charge in [0.1, 0.15) is 11.6 Å². The lowest BCUT2D eigenvalue weighted by Gasteiger charge is -2.34. The summed E-state index contributed by atoms with van der Waals surface area (Å²) in [4.78, 5) is 15.3. The molecule has 6 nitrogen and oxygen atoms in total. The maximum absolute atomic E-state index is 5.18. The lowest BCUT2D eigenvalue weighted by atomic mass is 9.95. The Morgan fingerprint density at radius 1 is 1.11 bits per heavy atom. The fourth-order valence-corrected chi connectivity index (χ4v) is 4.90. The molecule has 1 atom stereocenters. The Morgan fingerprint density at radius 2 is 2.00 bits per heavy atom. The van der Waals surface area contributed by atoms with Gasteiger partial charge in [-0.15, -0.1) is 0 Å². The molecular weight excluding hydrogens is 348 g/mol. The van der Waals surface area contributed by atoms with E-state index in [-0.39, 0.29) is 0 Å². The van der Waals surface area contributed by atoms with Crippen molar-refractivity contribution in [2.45, 2.75) is 57.9 Å². The zero-order chi connectivity index (χ0) is 19.1. The Labute approximate surface area is 168 Å². The number of rotatable bonds is 5. The van der Waals surface area contributed by atoms with Gasteiger partial charge < -0.3 is 4.90 Å². The third kappa shape index (κ3) is 3.79. The van der Waals surface area contributed by atoms with Gasteiger partial charge in [0.15, 0.2) is 0 Å². The molecule has 0 aromatic carbocycles. The summed E-state index contributed by atoms with van der Waals surface area (Å²) in [5.41, 5.74) is 3.91. The smallest absolute Gasteiger partial charge is 0.135 e. The standard InChI is InChI=1S/C22H32N6/c1-16-20-6-4-10-28(14-17-7-8-17)22(20)25-21(24-16)19-5-3-9-27(15-19)13-18-11-23-26(2)12-18/h11-12,17,19H,3-10,13-15H2,1-2H3/t19-/m1/s1. The molecule has 6 heteroatoms. The molecule has 2 aliphatic heterocycles. The zero-order valence-corrected chi connectivity index (χ0v) is 17.3. The molecule has 0 N–H and O–H groups in total. The number of hydrogen-bond donors (Lipinski definition) is 0. The van der Waals surface area contributed by atoms with Gasteiger partial charge in [-0.1, -0.05) is 0 Å². The molecule has 0 bridgehead atoms. The number of anilines is 1. The van der Waals surface area contributed by atoms with E-state index in [1.807, 2.05) is 17.9 Å². The molecule has 1 aliphatic carbocycles. The van der Waals surface area contributed by atoms with Gasteiger partial charge in [0.25, 0.3) is 0 Å². The van der Waals surface area contributed by atoms with Crippen molar-refractivity contribution in [1.29, 1.82) is 0 Å². The Bertz CT molecular complexity index is 840. The summed E-state index contributed by atoms with van der Waals surface area (Å²) < 4.78 is 1.89. The molecule has 150 valence electrons. The Balaban J connectivity index is 1.35. The number of fused-ring (bicyclic) bond motifs is 1. The molecule has 3 aliphatic rings. The summed E-state index contributed by atoms with van der Waals surface area (Å²) in [6.07, 6.45) is 11.7. The molecule has 0 spiro atoms. The maximum atomic E-state index is 5.18. The van der Waals surface area contributed by atoms with Crippen LogP contribution in [0.5, 0.6) is 0 Å². The van der Waals surface area contributed by atoms with Crippen molar-refractivity contribution in [2.24, 2.45) is 13.0 Å². The van der Waals surface area contributed by atoms with Crippen molar-refractivity contribution in [3.63, 3.8) is 0 Å². The van der Waals surface area contributed by atoms with E-state index in [0.717, 1.165) is 44.3 Å². The molecule has 0 unspecified atom stereocenters. The molecule has 2 fully saturated rings. The highest BCUT2D eigenvalue weighted by Crippen LogP contribution is 2.36. The van der Waals surface area contributed by atoms with Crippen LogP contribution in [0.15, 0.2) is 12.4 Å². The first-order valence-electron chi connectivity index (χ1n) is 11.0. The minimum atomic E-state index is 0.444. The molecule has 0 radical (unpaired) electrons. The summed E-state index contributed by atoms with van der Waals surface area (Å²) in [6, 6.07) is 0. The first kappa shape index (κ1) is 18.1. The van der Waals surface area contributed by atoms with E-state index in [2.05, 4.69) is 28.0 Å². The maximum Gasteiger partial charge on any atom is 0.135 e. The highest BCUT2D eigenvalue weighted by atomic mass is 15.2. The lowest BCUT2D eigenvalue weighted by Crippen LogP contribution is -2.36. The number of aromatic nitrogens is 4. The third-order valence-electron chi connectivity index (χ3n) is 6.57. The van der Waals surface area contributed by atoms with Crippen LogP contribution in [-0.2, 0) is 20.0 Å². The van der Waals surface area contributed by atoms with Crippen LogP contribution >= 0.6 is 0 Å². The van der Waals surface area contributed by atoms with Gasteiger partial charge in [-0.25, -0.2) is 9.97 Å². The molecule has 4 heterocycles. The number of hydrogen-bond acceptors (Lipinski definition) is 5. The van der Waals surface area contributed by atoms with Gasteiger partial charge in [0.2, 0.25) is 0 Å². The van der Waals surface area contributed by atoms with E-state index >= 15 is 0 Å². The Kier molecular flexibility index (Phi) is 4.83. The van der Waals surface area contributed by atoms with E-state index in [1.165, 1.54) is 61.3 Å². The molecular formula is C22H32N6. The van der Waals surface area contributed by atoms with Crippen LogP contribution in [0.2, 0.25) is 0 Å². The van der Waals surface area contributed by atoms with Crippen LogP contribution in [0.3, 0.4) is 0 Å². The number of aryl methyl sites for hydroxylation is 2. The highest BCUT2D eigenvalue weighted by Gasteiger charge is 2.31. The molecule has 1 saturated carbocycles. The summed E-state index contributed by atoms with van der Waals surface area (Å²) >= 11 is 0. The first-order valence-corrected chi connectivity index (χ1v) is 11.0. The predicted molar refractivity (Wildman–Crippen MR) is 110 cm³/mol. The van der Waals surface area contributed by atoms with Gasteiger partial charge in [0.05, 0.1) is 6.20 Å². The second kappa shape index (κ2) is 7.47. The normalized spacial score (nSPS) is 23.1. The minimum Gasteiger partial charge on any atom is -0.356 e. The van der Waals surface area contributed by atoms with Crippen molar-refractivity contribution in [3.05, 3.63) is 35.0 Å². The largest absolute Gasteiger partial charge is 0.356 e. The highest BCUT2D eigenvalue weighted by molar-refractivity contribution is 5.51. The summed E-state index contributed by atoms with van der Waals surface area (Å²) in [5, 5.41) is 4.32. The van der Waals surface area contributed by atoms with Gasteiger partial charge in [0, 0.05) is 62.2 Å². The van der Waals surface area contributed by atoms with E-state index in [0.29, 0.717) is 5.92 Å². The molecule has 0 amide bonds. The molecule has 5 rings (SSSR count). The van der Waals surface area contributed by atoms with Gasteiger partial charge >= 0.3 is 0 Å². The van der Waals surface area contributed by atoms with E-state index < -0.39 is 0 Å². The fourth-order valence-electron chi connectivity index (χ4n) is 4.90. The van der Waals surface area contributed by atoms with Crippen LogP contribution < -0.4 is 4.90 Å². The van der Waals surface area contributed by atoms with Crippen LogP contribution in [0.25, 0.3) is 0 Å².